The maximum atomic E-state index is 12.0. The second-order valence-corrected chi connectivity index (χ2v) is 7.12. The van der Waals surface area contributed by atoms with Gasteiger partial charge in [-0.2, -0.15) is 0 Å². The molecule has 1 aromatic heterocycles. The van der Waals surface area contributed by atoms with Gasteiger partial charge >= 0.3 is 11.9 Å². The van der Waals surface area contributed by atoms with Crippen molar-refractivity contribution < 1.29 is 14.5 Å². The average Bonchev–Trinajstić information content (AvgIpc) is 2.45. The SMILES string of the molecule is CC(C)(C)OC(=O)N1CCN(c2cc(Br)cnc2[N+](=O)[O-])CC1. The third-order valence-electron chi connectivity index (χ3n) is 3.26. The molecule has 2 rings (SSSR count). The van der Waals surface area contributed by atoms with Crippen molar-refractivity contribution in [1.82, 2.24) is 9.88 Å². The van der Waals surface area contributed by atoms with Gasteiger partial charge in [0.1, 0.15) is 11.3 Å². The van der Waals surface area contributed by atoms with Gasteiger partial charge in [0.2, 0.25) is 0 Å². The van der Waals surface area contributed by atoms with Crippen LogP contribution in [0, 0.1) is 10.1 Å². The monoisotopic (exact) mass is 386 g/mol. The molecular weight excluding hydrogens is 368 g/mol. The highest BCUT2D eigenvalue weighted by atomic mass is 79.9. The minimum atomic E-state index is -0.540. The van der Waals surface area contributed by atoms with Crippen molar-refractivity contribution in [3.05, 3.63) is 26.9 Å². The highest BCUT2D eigenvalue weighted by molar-refractivity contribution is 9.10. The standard InChI is InChI=1S/C14H19BrN4O4/c1-14(2,3)23-13(20)18-6-4-17(5-7-18)11-8-10(15)9-16-12(11)19(21)22/h8-9H,4-7H2,1-3H3. The van der Waals surface area contributed by atoms with E-state index in [1.807, 2.05) is 25.7 Å². The summed E-state index contributed by atoms with van der Waals surface area (Å²) < 4.78 is 6.01. The first-order valence-corrected chi connectivity index (χ1v) is 7.99. The zero-order chi connectivity index (χ0) is 17.2. The van der Waals surface area contributed by atoms with Crippen molar-refractivity contribution in [3.8, 4) is 0 Å². The van der Waals surface area contributed by atoms with Crippen LogP contribution in [-0.4, -0.2) is 52.7 Å². The van der Waals surface area contributed by atoms with Crippen LogP contribution < -0.4 is 4.90 Å². The van der Waals surface area contributed by atoms with Gasteiger partial charge in [-0.3, -0.25) is 0 Å². The maximum absolute atomic E-state index is 12.0. The molecule has 0 spiro atoms. The molecule has 0 aromatic carbocycles. The summed E-state index contributed by atoms with van der Waals surface area (Å²) >= 11 is 3.28. The van der Waals surface area contributed by atoms with Crippen LogP contribution in [0.3, 0.4) is 0 Å². The Labute approximate surface area is 142 Å². The predicted octanol–water partition coefficient (Wildman–Crippen LogP) is 2.81. The fourth-order valence-electron chi connectivity index (χ4n) is 2.25. The normalized spacial score (nSPS) is 15.5. The highest BCUT2D eigenvalue weighted by Gasteiger charge is 2.29. The van der Waals surface area contributed by atoms with E-state index in [0.29, 0.717) is 36.3 Å². The van der Waals surface area contributed by atoms with Gasteiger partial charge in [0.25, 0.3) is 0 Å². The van der Waals surface area contributed by atoms with E-state index in [9.17, 15) is 14.9 Å². The highest BCUT2D eigenvalue weighted by Crippen LogP contribution is 2.29. The number of piperazine rings is 1. The zero-order valence-corrected chi connectivity index (χ0v) is 14.9. The van der Waals surface area contributed by atoms with Crippen LogP contribution in [-0.2, 0) is 4.74 Å². The van der Waals surface area contributed by atoms with Gasteiger partial charge in [-0.05, 0) is 52.7 Å². The first-order valence-electron chi connectivity index (χ1n) is 7.20. The van der Waals surface area contributed by atoms with Gasteiger partial charge in [-0.15, -0.1) is 0 Å². The van der Waals surface area contributed by atoms with Gasteiger partial charge in [0.15, 0.2) is 6.20 Å². The fourth-order valence-corrected chi connectivity index (χ4v) is 2.57. The number of carbonyl (C=O) groups excluding carboxylic acids is 1. The number of nitro groups is 1. The second kappa shape index (κ2) is 6.69. The van der Waals surface area contributed by atoms with Crippen molar-refractivity contribution in [1.29, 1.82) is 0 Å². The van der Waals surface area contributed by atoms with E-state index in [0.717, 1.165) is 0 Å². The lowest BCUT2D eigenvalue weighted by atomic mass is 10.2. The molecule has 0 saturated carbocycles. The molecule has 0 bridgehead atoms. The van der Waals surface area contributed by atoms with E-state index >= 15 is 0 Å². The van der Waals surface area contributed by atoms with Crippen LogP contribution >= 0.6 is 15.9 Å². The number of pyridine rings is 1. The van der Waals surface area contributed by atoms with Gasteiger partial charge in [0, 0.05) is 26.2 Å². The molecule has 23 heavy (non-hydrogen) atoms. The molecule has 0 radical (unpaired) electrons. The largest absolute Gasteiger partial charge is 0.444 e. The number of carbonyl (C=O) groups is 1. The molecule has 1 saturated heterocycles. The summed E-state index contributed by atoms with van der Waals surface area (Å²) in [6.07, 6.45) is 1.04. The van der Waals surface area contributed by atoms with E-state index < -0.39 is 10.5 Å². The first kappa shape index (κ1) is 17.5. The minimum absolute atomic E-state index is 0.182. The van der Waals surface area contributed by atoms with Crippen LogP contribution in [0.1, 0.15) is 20.8 Å². The Kier molecular flexibility index (Phi) is 5.08. The number of anilines is 1. The molecule has 1 fully saturated rings. The molecule has 126 valence electrons. The molecule has 9 heteroatoms. The zero-order valence-electron chi connectivity index (χ0n) is 13.3. The lowest BCUT2D eigenvalue weighted by Crippen LogP contribution is -2.50. The predicted molar refractivity (Wildman–Crippen MR) is 88.6 cm³/mol. The number of aromatic nitrogens is 1. The van der Waals surface area contributed by atoms with Crippen LogP contribution in [0.4, 0.5) is 16.3 Å². The molecule has 0 N–H and O–H groups in total. The molecule has 2 heterocycles. The lowest BCUT2D eigenvalue weighted by molar-refractivity contribution is -0.388. The number of hydrogen-bond acceptors (Lipinski definition) is 6. The molecule has 8 nitrogen and oxygen atoms in total. The number of ether oxygens (including phenoxy) is 1. The topological polar surface area (TPSA) is 88.8 Å². The van der Waals surface area contributed by atoms with Crippen LogP contribution in [0.5, 0.6) is 0 Å². The molecule has 0 unspecified atom stereocenters. The van der Waals surface area contributed by atoms with Crippen molar-refractivity contribution in [3.63, 3.8) is 0 Å². The van der Waals surface area contributed by atoms with Crippen LogP contribution in [0.15, 0.2) is 16.7 Å². The van der Waals surface area contributed by atoms with Gasteiger partial charge in [0.05, 0.1) is 4.47 Å². The number of rotatable bonds is 2. The summed E-state index contributed by atoms with van der Waals surface area (Å²) in [6, 6.07) is 1.67. The van der Waals surface area contributed by atoms with E-state index in [1.165, 1.54) is 6.20 Å². The molecule has 0 atom stereocenters. The summed E-state index contributed by atoms with van der Waals surface area (Å²) in [4.78, 5) is 30.0. The van der Waals surface area contributed by atoms with E-state index in [1.54, 1.807) is 11.0 Å². The Morgan fingerprint density at radius 3 is 2.48 bits per heavy atom. The Morgan fingerprint density at radius 2 is 1.96 bits per heavy atom. The van der Waals surface area contributed by atoms with E-state index in [2.05, 4.69) is 20.9 Å². The summed E-state index contributed by atoms with van der Waals surface area (Å²) in [6.45, 7) is 7.31. The Hall–Kier alpha value is -1.90. The van der Waals surface area contributed by atoms with Crippen LogP contribution in [0.25, 0.3) is 0 Å². The van der Waals surface area contributed by atoms with Crippen molar-refractivity contribution >= 4 is 33.5 Å². The van der Waals surface area contributed by atoms with Gasteiger partial charge < -0.3 is 24.7 Å². The minimum Gasteiger partial charge on any atom is -0.444 e. The van der Waals surface area contributed by atoms with Crippen molar-refractivity contribution in [2.24, 2.45) is 0 Å². The van der Waals surface area contributed by atoms with Gasteiger partial charge in [-0.1, -0.05) is 0 Å². The third kappa shape index (κ3) is 4.54. The molecule has 1 aliphatic heterocycles. The number of hydrogen-bond donors (Lipinski definition) is 0. The summed E-state index contributed by atoms with van der Waals surface area (Å²) in [5, 5.41) is 11.1. The Bertz CT molecular complexity index is 609. The van der Waals surface area contributed by atoms with Gasteiger partial charge in [-0.25, -0.2) is 4.79 Å². The maximum Gasteiger partial charge on any atom is 0.410 e. The molecule has 1 aliphatic rings. The Morgan fingerprint density at radius 1 is 1.35 bits per heavy atom. The summed E-state index contributed by atoms with van der Waals surface area (Å²) in [5.74, 6) is -0.182. The molecule has 1 amide bonds. The second-order valence-electron chi connectivity index (χ2n) is 6.21. The first-order chi connectivity index (χ1) is 10.7. The quantitative estimate of drug-likeness (QED) is 0.573. The molecular formula is C14H19BrN4O4. The summed E-state index contributed by atoms with van der Waals surface area (Å²) in [7, 11) is 0. The van der Waals surface area contributed by atoms with Crippen LogP contribution in [0.2, 0.25) is 0 Å². The van der Waals surface area contributed by atoms with E-state index in [4.69, 9.17) is 4.74 Å². The number of nitrogens with zero attached hydrogens (tertiary/aromatic N) is 4. The summed E-state index contributed by atoms with van der Waals surface area (Å²) in [5.41, 5.74) is -0.0884. The fraction of sp³-hybridized carbons (Fsp3) is 0.571. The van der Waals surface area contributed by atoms with Crippen molar-refractivity contribution in [2.75, 3.05) is 31.1 Å². The van der Waals surface area contributed by atoms with E-state index in [-0.39, 0.29) is 11.9 Å². The Balaban J connectivity index is 2.06. The lowest BCUT2D eigenvalue weighted by Gasteiger charge is -2.36. The smallest absolute Gasteiger partial charge is 0.410 e. The third-order valence-corrected chi connectivity index (χ3v) is 3.69. The molecule has 1 aromatic rings. The molecule has 0 aliphatic carbocycles. The van der Waals surface area contributed by atoms with Crippen molar-refractivity contribution in [2.45, 2.75) is 26.4 Å². The average molecular weight is 387 g/mol. The number of halogens is 1. The number of amides is 1.